The molecule has 0 N–H and O–H groups in total. The molecule has 11 aromatic carbocycles. The van der Waals surface area contributed by atoms with Crippen molar-refractivity contribution in [1.82, 2.24) is 19.5 Å². The summed E-state index contributed by atoms with van der Waals surface area (Å²) in [6, 6.07) is 85.8. The summed E-state index contributed by atoms with van der Waals surface area (Å²) >= 11 is 0. The van der Waals surface area contributed by atoms with E-state index in [1.54, 1.807) is 0 Å². The van der Waals surface area contributed by atoms with Crippen molar-refractivity contribution >= 4 is 65.3 Å². The predicted octanol–water partition coefficient (Wildman–Crippen LogP) is 17.2. The molecule has 0 bridgehead atoms. The number of aromatic nitrogens is 4. The fourth-order valence-electron chi connectivity index (χ4n) is 10.5. The van der Waals surface area contributed by atoms with Crippen LogP contribution in [0.1, 0.15) is 0 Å². The van der Waals surface area contributed by atoms with Crippen LogP contribution < -0.4 is 0 Å². The van der Waals surface area contributed by atoms with Crippen molar-refractivity contribution < 1.29 is 4.42 Å². The van der Waals surface area contributed by atoms with Gasteiger partial charge in [0.15, 0.2) is 17.5 Å². The molecule has 0 aliphatic heterocycles. The number of para-hydroxylation sites is 2. The van der Waals surface area contributed by atoms with Crippen molar-refractivity contribution in [2.24, 2.45) is 0 Å². The highest BCUT2D eigenvalue weighted by molar-refractivity contribution is 6.14. The van der Waals surface area contributed by atoms with Crippen LogP contribution in [0.4, 0.5) is 0 Å². The average molecular weight is 893 g/mol. The molecule has 5 heteroatoms. The van der Waals surface area contributed by atoms with Crippen LogP contribution in [-0.4, -0.2) is 19.5 Å². The minimum Gasteiger partial charge on any atom is -0.456 e. The van der Waals surface area contributed by atoms with Gasteiger partial charge in [-0.1, -0.05) is 194 Å². The fourth-order valence-corrected chi connectivity index (χ4v) is 10.5. The molecule has 0 radical (unpaired) electrons. The Hall–Kier alpha value is -9.45. The largest absolute Gasteiger partial charge is 0.456 e. The van der Waals surface area contributed by atoms with Gasteiger partial charge < -0.3 is 8.98 Å². The average Bonchev–Trinajstić information content (AvgIpc) is 3.98. The van der Waals surface area contributed by atoms with E-state index in [0.29, 0.717) is 17.5 Å². The molecule has 0 spiro atoms. The van der Waals surface area contributed by atoms with E-state index in [0.717, 1.165) is 66.6 Å². The van der Waals surface area contributed by atoms with Crippen LogP contribution >= 0.6 is 0 Å². The molecule has 0 aliphatic carbocycles. The van der Waals surface area contributed by atoms with Gasteiger partial charge in [0.2, 0.25) is 0 Å². The van der Waals surface area contributed by atoms with E-state index in [-0.39, 0.29) is 0 Å². The molecule has 70 heavy (non-hydrogen) atoms. The Morgan fingerprint density at radius 2 is 0.757 bits per heavy atom. The first-order valence-electron chi connectivity index (χ1n) is 23.7. The summed E-state index contributed by atoms with van der Waals surface area (Å²) in [6.45, 7) is 0. The molecular formula is C65H40N4O. The Kier molecular flexibility index (Phi) is 9.14. The van der Waals surface area contributed by atoms with E-state index in [2.05, 4.69) is 235 Å². The Labute approximate surface area is 403 Å². The fraction of sp³-hybridized carbons (Fsp3) is 0. The lowest BCUT2D eigenvalue weighted by Gasteiger charge is -2.11. The minimum absolute atomic E-state index is 0.574. The van der Waals surface area contributed by atoms with Crippen LogP contribution in [0, 0.1) is 0 Å². The van der Waals surface area contributed by atoms with E-state index in [4.69, 9.17) is 19.4 Å². The molecule has 0 unspecified atom stereocenters. The Balaban J connectivity index is 0.912. The predicted molar refractivity (Wildman–Crippen MR) is 289 cm³/mol. The van der Waals surface area contributed by atoms with E-state index in [1.807, 2.05) is 12.1 Å². The van der Waals surface area contributed by atoms with E-state index in [1.165, 1.54) is 54.5 Å². The number of hydrogen-bond donors (Lipinski definition) is 0. The van der Waals surface area contributed by atoms with Crippen molar-refractivity contribution in [1.29, 1.82) is 0 Å². The van der Waals surface area contributed by atoms with Crippen molar-refractivity contribution in [2.75, 3.05) is 0 Å². The summed E-state index contributed by atoms with van der Waals surface area (Å²) < 4.78 is 8.96. The van der Waals surface area contributed by atoms with Crippen molar-refractivity contribution in [3.63, 3.8) is 0 Å². The van der Waals surface area contributed by atoms with Crippen LogP contribution in [0.5, 0.6) is 0 Å². The van der Waals surface area contributed by atoms with Gasteiger partial charge in [-0.3, -0.25) is 0 Å². The third kappa shape index (κ3) is 6.59. The van der Waals surface area contributed by atoms with Gasteiger partial charge in [0.1, 0.15) is 11.2 Å². The van der Waals surface area contributed by atoms with Crippen molar-refractivity contribution in [3.8, 4) is 73.2 Å². The standard InChI is InChI=1S/C65H40N4O/c1-2-17-49(18-3-1)69-58-25-9-8-21-54(58)56-39-47(35-37-59(56)69)48-36-38-60-57(40-48)62-55(24-12-26-61(62)70-60)65-67-63(45-31-27-43(28-32-45)52-22-10-15-41-13-4-6-19-50(41)52)66-64(68-65)46-33-29-44(30-34-46)53-23-11-16-42-14-5-7-20-51(42)53/h1-40H. The van der Waals surface area contributed by atoms with E-state index < -0.39 is 0 Å². The SMILES string of the molecule is c1ccc(-n2c3ccccc3c3cc(-c4ccc5oc6cccc(-c7nc(-c8ccc(-c9cccc%10ccccc9%10)cc8)nc(-c8ccc(-c9cccc%10ccccc9%10)cc8)n7)c6c5c4)ccc32)cc1. The van der Waals surface area contributed by atoms with Crippen LogP contribution in [0.3, 0.4) is 0 Å². The number of nitrogens with zero attached hydrogens (tertiary/aromatic N) is 4. The second kappa shape index (κ2) is 16.1. The molecule has 5 nitrogen and oxygen atoms in total. The van der Waals surface area contributed by atoms with E-state index in [9.17, 15) is 0 Å². The van der Waals surface area contributed by atoms with Crippen LogP contribution in [0.25, 0.3) is 139 Å². The van der Waals surface area contributed by atoms with Gasteiger partial charge in [-0.2, -0.15) is 0 Å². The summed E-state index contributed by atoms with van der Waals surface area (Å²) in [4.78, 5) is 15.8. The molecule has 0 saturated carbocycles. The molecule has 14 aromatic rings. The maximum absolute atomic E-state index is 6.61. The maximum atomic E-state index is 6.61. The number of fused-ring (bicyclic) bond motifs is 8. The normalized spacial score (nSPS) is 11.7. The lowest BCUT2D eigenvalue weighted by molar-refractivity contribution is 0.669. The molecule has 0 saturated heterocycles. The second-order valence-electron chi connectivity index (χ2n) is 17.9. The van der Waals surface area contributed by atoms with Gasteiger partial charge in [0.05, 0.1) is 11.0 Å². The molecule has 326 valence electrons. The topological polar surface area (TPSA) is 56.7 Å². The van der Waals surface area contributed by atoms with Crippen LogP contribution in [-0.2, 0) is 0 Å². The molecule has 3 aromatic heterocycles. The highest BCUT2D eigenvalue weighted by Gasteiger charge is 2.20. The zero-order valence-corrected chi connectivity index (χ0v) is 37.8. The summed E-state index contributed by atoms with van der Waals surface area (Å²) in [5.74, 6) is 1.76. The molecule has 0 aliphatic rings. The summed E-state index contributed by atoms with van der Waals surface area (Å²) in [5.41, 5.74) is 14.6. The van der Waals surface area contributed by atoms with Crippen molar-refractivity contribution in [3.05, 3.63) is 243 Å². The Morgan fingerprint density at radius 3 is 1.41 bits per heavy atom. The van der Waals surface area contributed by atoms with Crippen LogP contribution in [0.2, 0.25) is 0 Å². The number of hydrogen-bond acceptors (Lipinski definition) is 4. The highest BCUT2D eigenvalue weighted by atomic mass is 16.3. The zero-order valence-electron chi connectivity index (χ0n) is 37.8. The first kappa shape index (κ1) is 39.7. The Morgan fingerprint density at radius 1 is 0.286 bits per heavy atom. The molecular weight excluding hydrogens is 853 g/mol. The summed E-state index contributed by atoms with van der Waals surface area (Å²) in [7, 11) is 0. The quantitative estimate of drug-likeness (QED) is 0.160. The number of benzene rings is 11. The van der Waals surface area contributed by atoms with Crippen molar-refractivity contribution in [2.45, 2.75) is 0 Å². The summed E-state index contributed by atoms with van der Waals surface area (Å²) in [6.07, 6.45) is 0. The lowest BCUT2D eigenvalue weighted by Crippen LogP contribution is -2.00. The van der Waals surface area contributed by atoms with Crippen LogP contribution in [0.15, 0.2) is 247 Å². The van der Waals surface area contributed by atoms with Gasteiger partial charge in [-0.25, -0.2) is 15.0 Å². The summed E-state index contributed by atoms with van der Waals surface area (Å²) in [5, 5.41) is 9.23. The lowest BCUT2D eigenvalue weighted by atomic mass is 9.97. The molecule has 3 heterocycles. The molecule has 14 rings (SSSR count). The van der Waals surface area contributed by atoms with Gasteiger partial charge in [-0.15, -0.1) is 0 Å². The number of furan rings is 1. The second-order valence-corrected chi connectivity index (χ2v) is 17.9. The molecule has 0 amide bonds. The van der Waals surface area contributed by atoms with Gasteiger partial charge >= 0.3 is 0 Å². The Bertz CT molecular complexity index is 4190. The van der Waals surface area contributed by atoms with E-state index >= 15 is 0 Å². The number of rotatable bonds is 7. The minimum atomic E-state index is 0.574. The molecule has 0 fully saturated rings. The molecule has 0 atom stereocenters. The first-order chi connectivity index (χ1) is 34.7. The van der Waals surface area contributed by atoms with Gasteiger partial charge in [0.25, 0.3) is 0 Å². The van der Waals surface area contributed by atoms with Gasteiger partial charge in [0, 0.05) is 43.9 Å². The van der Waals surface area contributed by atoms with Gasteiger partial charge in [-0.05, 0) is 103 Å². The first-order valence-corrected chi connectivity index (χ1v) is 23.7. The zero-order chi connectivity index (χ0) is 46.1. The third-order valence-electron chi connectivity index (χ3n) is 13.9. The maximum Gasteiger partial charge on any atom is 0.164 e. The monoisotopic (exact) mass is 892 g/mol. The third-order valence-corrected chi connectivity index (χ3v) is 13.9. The smallest absolute Gasteiger partial charge is 0.164 e. The highest BCUT2D eigenvalue weighted by Crippen LogP contribution is 2.41.